The first kappa shape index (κ1) is 10.5. The van der Waals surface area contributed by atoms with Gasteiger partial charge in [0.2, 0.25) is 0 Å². The predicted molar refractivity (Wildman–Crippen MR) is 63.0 cm³/mol. The SMILES string of the molecule is NCC1(Cc2ccc(Cl)s2)CCCC1. The minimum absolute atomic E-state index is 0.383. The van der Waals surface area contributed by atoms with Crippen LogP contribution >= 0.6 is 22.9 Å². The van der Waals surface area contributed by atoms with Crippen molar-refractivity contribution in [1.29, 1.82) is 0 Å². The molecule has 2 rings (SSSR count). The molecule has 0 aliphatic heterocycles. The van der Waals surface area contributed by atoms with Crippen LogP contribution in [0.25, 0.3) is 0 Å². The third kappa shape index (κ3) is 2.13. The van der Waals surface area contributed by atoms with Gasteiger partial charge in [-0.2, -0.15) is 0 Å². The molecule has 1 saturated carbocycles. The number of hydrogen-bond donors (Lipinski definition) is 1. The lowest BCUT2D eigenvalue weighted by Gasteiger charge is -2.26. The molecule has 1 nitrogen and oxygen atoms in total. The number of nitrogens with two attached hydrogens (primary N) is 1. The summed E-state index contributed by atoms with van der Waals surface area (Å²) >= 11 is 7.62. The number of halogens is 1. The highest BCUT2D eigenvalue weighted by molar-refractivity contribution is 7.16. The van der Waals surface area contributed by atoms with E-state index in [0.717, 1.165) is 17.3 Å². The predicted octanol–water partition coefficient (Wildman–Crippen LogP) is 3.46. The van der Waals surface area contributed by atoms with Crippen molar-refractivity contribution in [1.82, 2.24) is 0 Å². The second kappa shape index (κ2) is 4.21. The molecule has 1 aromatic rings. The summed E-state index contributed by atoms with van der Waals surface area (Å²) in [6, 6.07) is 4.13. The number of rotatable bonds is 3. The van der Waals surface area contributed by atoms with Gasteiger partial charge in [-0.05, 0) is 43.4 Å². The van der Waals surface area contributed by atoms with Crippen molar-refractivity contribution in [3.63, 3.8) is 0 Å². The zero-order valence-corrected chi connectivity index (χ0v) is 9.83. The van der Waals surface area contributed by atoms with Crippen molar-refractivity contribution < 1.29 is 0 Å². The van der Waals surface area contributed by atoms with Gasteiger partial charge in [0.05, 0.1) is 4.34 Å². The Kier molecular flexibility index (Phi) is 3.15. The molecule has 3 heteroatoms. The molecule has 1 heterocycles. The summed E-state index contributed by atoms with van der Waals surface area (Å²) in [6.07, 6.45) is 6.39. The minimum atomic E-state index is 0.383. The molecule has 0 unspecified atom stereocenters. The topological polar surface area (TPSA) is 26.0 Å². The molecule has 0 spiro atoms. The first-order valence-electron chi connectivity index (χ1n) is 5.18. The summed E-state index contributed by atoms with van der Waals surface area (Å²) in [7, 11) is 0. The van der Waals surface area contributed by atoms with E-state index < -0.39 is 0 Å². The van der Waals surface area contributed by atoms with E-state index in [-0.39, 0.29) is 0 Å². The van der Waals surface area contributed by atoms with E-state index in [0.29, 0.717) is 5.41 Å². The highest BCUT2D eigenvalue weighted by Crippen LogP contribution is 2.41. The van der Waals surface area contributed by atoms with Gasteiger partial charge in [-0.15, -0.1) is 11.3 Å². The molecule has 0 amide bonds. The fourth-order valence-electron chi connectivity index (χ4n) is 2.39. The molecule has 0 aromatic carbocycles. The van der Waals surface area contributed by atoms with Crippen LogP contribution in [0.1, 0.15) is 30.6 Å². The average Bonchev–Trinajstić information content (AvgIpc) is 2.77. The molecule has 2 N–H and O–H groups in total. The maximum atomic E-state index is 5.92. The Bertz CT molecular complexity index is 302. The smallest absolute Gasteiger partial charge is 0.0931 e. The summed E-state index contributed by atoms with van der Waals surface area (Å²) < 4.78 is 0.894. The van der Waals surface area contributed by atoms with E-state index in [1.807, 2.05) is 6.07 Å². The Hall–Kier alpha value is -0.0500. The van der Waals surface area contributed by atoms with Crippen LogP contribution in [0.4, 0.5) is 0 Å². The van der Waals surface area contributed by atoms with Crippen molar-refractivity contribution in [2.75, 3.05) is 6.54 Å². The van der Waals surface area contributed by atoms with Gasteiger partial charge in [-0.3, -0.25) is 0 Å². The molecule has 0 saturated heterocycles. The van der Waals surface area contributed by atoms with E-state index in [1.165, 1.54) is 30.6 Å². The third-order valence-corrected chi connectivity index (χ3v) is 4.51. The molecule has 14 heavy (non-hydrogen) atoms. The lowest BCUT2D eigenvalue weighted by molar-refractivity contribution is 0.309. The van der Waals surface area contributed by atoms with Crippen LogP contribution in [0.3, 0.4) is 0 Å². The maximum absolute atomic E-state index is 5.92. The van der Waals surface area contributed by atoms with Gasteiger partial charge in [0.1, 0.15) is 0 Å². The van der Waals surface area contributed by atoms with E-state index in [2.05, 4.69) is 6.07 Å². The Morgan fingerprint density at radius 1 is 1.36 bits per heavy atom. The zero-order valence-electron chi connectivity index (χ0n) is 8.26. The molecule has 78 valence electrons. The molecule has 1 aliphatic rings. The number of thiophene rings is 1. The second-order valence-corrected chi connectivity index (χ2v) is 6.09. The monoisotopic (exact) mass is 229 g/mol. The fraction of sp³-hybridized carbons (Fsp3) is 0.636. The Morgan fingerprint density at radius 3 is 2.57 bits per heavy atom. The van der Waals surface area contributed by atoms with Crippen molar-refractivity contribution in [2.45, 2.75) is 32.1 Å². The van der Waals surface area contributed by atoms with Gasteiger partial charge < -0.3 is 5.73 Å². The van der Waals surface area contributed by atoms with Gasteiger partial charge in [0.25, 0.3) is 0 Å². The van der Waals surface area contributed by atoms with Crippen LogP contribution in [-0.2, 0) is 6.42 Å². The molecule has 0 atom stereocenters. The Morgan fingerprint density at radius 2 is 2.07 bits per heavy atom. The summed E-state index contributed by atoms with van der Waals surface area (Å²) in [4.78, 5) is 1.39. The quantitative estimate of drug-likeness (QED) is 0.844. The van der Waals surface area contributed by atoms with Gasteiger partial charge in [-0.25, -0.2) is 0 Å². The Balaban J connectivity index is 2.08. The van der Waals surface area contributed by atoms with Crippen molar-refractivity contribution in [2.24, 2.45) is 11.1 Å². The first-order valence-corrected chi connectivity index (χ1v) is 6.38. The van der Waals surface area contributed by atoms with Crippen LogP contribution in [-0.4, -0.2) is 6.54 Å². The fourth-order valence-corrected chi connectivity index (χ4v) is 3.66. The van der Waals surface area contributed by atoms with Crippen LogP contribution < -0.4 is 5.73 Å². The number of hydrogen-bond acceptors (Lipinski definition) is 2. The summed E-state index contributed by atoms with van der Waals surface area (Å²) in [5.74, 6) is 0. The van der Waals surface area contributed by atoms with E-state index >= 15 is 0 Å². The van der Waals surface area contributed by atoms with Gasteiger partial charge >= 0.3 is 0 Å². The summed E-state index contributed by atoms with van der Waals surface area (Å²) in [5.41, 5.74) is 6.28. The van der Waals surface area contributed by atoms with Crippen molar-refractivity contribution in [3.05, 3.63) is 21.3 Å². The first-order chi connectivity index (χ1) is 6.74. The van der Waals surface area contributed by atoms with Gasteiger partial charge in [0.15, 0.2) is 0 Å². The molecular weight excluding hydrogens is 214 g/mol. The van der Waals surface area contributed by atoms with Crippen LogP contribution in [0, 0.1) is 5.41 Å². The van der Waals surface area contributed by atoms with Crippen molar-refractivity contribution >= 4 is 22.9 Å². The van der Waals surface area contributed by atoms with Crippen LogP contribution in [0.5, 0.6) is 0 Å². The average molecular weight is 230 g/mol. The molecule has 0 radical (unpaired) electrons. The largest absolute Gasteiger partial charge is 0.330 e. The highest BCUT2D eigenvalue weighted by Gasteiger charge is 2.32. The van der Waals surface area contributed by atoms with Gasteiger partial charge in [-0.1, -0.05) is 24.4 Å². The lowest BCUT2D eigenvalue weighted by Crippen LogP contribution is -2.29. The van der Waals surface area contributed by atoms with E-state index in [9.17, 15) is 0 Å². The Labute approximate surface area is 94.3 Å². The standard InChI is InChI=1S/C11H16ClNS/c12-10-4-3-9(14-10)7-11(8-13)5-1-2-6-11/h3-4H,1-2,5-8,13H2. The molecule has 1 aromatic heterocycles. The van der Waals surface area contributed by atoms with Crippen molar-refractivity contribution in [3.8, 4) is 0 Å². The van der Waals surface area contributed by atoms with E-state index in [4.69, 9.17) is 17.3 Å². The third-order valence-electron chi connectivity index (χ3n) is 3.28. The minimum Gasteiger partial charge on any atom is -0.330 e. The maximum Gasteiger partial charge on any atom is 0.0931 e. The molecule has 1 aliphatic carbocycles. The molecule has 1 fully saturated rings. The van der Waals surface area contributed by atoms with Gasteiger partial charge in [0, 0.05) is 4.88 Å². The van der Waals surface area contributed by atoms with Crippen LogP contribution in [0.2, 0.25) is 4.34 Å². The normalized spacial score (nSPS) is 20.1. The summed E-state index contributed by atoms with van der Waals surface area (Å²) in [5, 5.41) is 0. The second-order valence-electron chi connectivity index (χ2n) is 4.29. The zero-order chi connectivity index (χ0) is 10.0. The lowest BCUT2D eigenvalue weighted by atomic mass is 9.82. The van der Waals surface area contributed by atoms with Crippen LogP contribution in [0.15, 0.2) is 12.1 Å². The highest BCUT2D eigenvalue weighted by atomic mass is 35.5. The molecule has 0 bridgehead atoms. The molecular formula is C11H16ClNS. The summed E-state index contributed by atoms with van der Waals surface area (Å²) in [6.45, 7) is 0.822. The van der Waals surface area contributed by atoms with E-state index in [1.54, 1.807) is 11.3 Å².